The topological polar surface area (TPSA) is 38.9 Å². The fraction of sp³-hybridized carbons (Fsp3) is 0.0625. The smallest absolute Gasteiger partial charge is 0.0715 e. The Morgan fingerprint density at radius 3 is 2.80 bits per heavy atom. The quantitative estimate of drug-likeness (QED) is 0.707. The molecule has 0 saturated heterocycles. The molecule has 0 bridgehead atoms. The van der Waals surface area contributed by atoms with Gasteiger partial charge in [-0.05, 0) is 37.3 Å². The molecule has 4 heteroatoms. The van der Waals surface area contributed by atoms with Crippen molar-refractivity contribution < 1.29 is 0 Å². The van der Waals surface area contributed by atoms with Crippen LogP contribution in [-0.4, -0.2) is 4.98 Å². The summed E-state index contributed by atoms with van der Waals surface area (Å²) in [5.74, 6) is 0. The summed E-state index contributed by atoms with van der Waals surface area (Å²) < 4.78 is 1.03. The summed E-state index contributed by atoms with van der Waals surface area (Å²) in [6.45, 7) is 2.09. The van der Waals surface area contributed by atoms with Crippen LogP contribution in [0.5, 0.6) is 0 Å². The second-order valence-corrected chi connectivity index (χ2v) is 6.62. The van der Waals surface area contributed by atoms with Crippen molar-refractivity contribution in [2.24, 2.45) is 0 Å². The third kappa shape index (κ3) is 2.67. The molecule has 3 rings (SSSR count). The van der Waals surface area contributed by atoms with Crippen molar-refractivity contribution in [3.63, 3.8) is 0 Å². The third-order valence-corrected chi connectivity index (χ3v) is 4.66. The predicted molar refractivity (Wildman–Crippen MR) is 89.2 cm³/mol. The normalized spacial score (nSPS) is 10.9. The number of anilines is 1. The van der Waals surface area contributed by atoms with Crippen LogP contribution < -0.4 is 5.73 Å². The zero-order chi connectivity index (χ0) is 14.1. The molecule has 2 aromatic carbocycles. The van der Waals surface area contributed by atoms with Crippen LogP contribution in [0.4, 0.5) is 5.69 Å². The molecule has 1 heterocycles. The Hall–Kier alpha value is -1.52. The first-order chi connectivity index (χ1) is 9.63. The molecule has 0 saturated carbocycles. The Balaban J connectivity index is 2.14. The molecule has 0 aliphatic rings. The van der Waals surface area contributed by atoms with Gasteiger partial charge in [0.05, 0.1) is 17.4 Å². The Kier molecular flexibility index (Phi) is 3.68. The van der Waals surface area contributed by atoms with Gasteiger partial charge in [0.1, 0.15) is 0 Å². The van der Waals surface area contributed by atoms with Gasteiger partial charge < -0.3 is 5.73 Å². The lowest BCUT2D eigenvalue weighted by atomic mass is 10.2. The van der Waals surface area contributed by atoms with Crippen LogP contribution in [0.15, 0.2) is 62.9 Å². The Labute approximate surface area is 130 Å². The van der Waals surface area contributed by atoms with Crippen molar-refractivity contribution in [1.29, 1.82) is 0 Å². The fourth-order valence-electron chi connectivity index (χ4n) is 2.07. The second-order valence-electron chi connectivity index (χ2n) is 4.62. The second kappa shape index (κ2) is 5.46. The lowest BCUT2D eigenvalue weighted by Gasteiger charge is -2.10. The largest absolute Gasteiger partial charge is 0.397 e. The number of rotatable bonds is 2. The highest BCUT2D eigenvalue weighted by molar-refractivity contribution is 9.10. The van der Waals surface area contributed by atoms with Crippen molar-refractivity contribution in [3.05, 3.63) is 58.7 Å². The van der Waals surface area contributed by atoms with Gasteiger partial charge >= 0.3 is 0 Å². The summed E-state index contributed by atoms with van der Waals surface area (Å²) in [6, 6.07) is 14.5. The Bertz CT molecular complexity index is 781. The number of benzene rings is 2. The maximum Gasteiger partial charge on any atom is 0.0715 e. The summed E-state index contributed by atoms with van der Waals surface area (Å²) in [5.41, 5.74) is 9.03. The Morgan fingerprint density at radius 1 is 1.15 bits per heavy atom. The van der Waals surface area contributed by atoms with E-state index >= 15 is 0 Å². The minimum atomic E-state index is 0.710. The van der Waals surface area contributed by atoms with E-state index in [9.17, 15) is 0 Å². The molecular weight excluding hydrogens is 332 g/mol. The van der Waals surface area contributed by atoms with Crippen molar-refractivity contribution in [2.45, 2.75) is 16.7 Å². The van der Waals surface area contributed by atoms with Crippen molar-refractivity contribution >= 4 is 44.3 Å². The number of nitrogen functional groups attached to an aromatic ring is 1. The number of nitrogens with two attached hydrogens (primary N) is 1. The molecule has 0 amide bonds. The lowest BCUT2D eigenvalue weighted by Crippen LogP contribution is -1.92. The van der Waals surface area contributed by atoms with Crippen LogP contribution >= 0.6 is 27.7 Å². The van der Waals surface area contributed by atoms with Crippen molar-refractivity contribution in [2.75, 3.05) is 5.73 Å². The van der Waals surface area contributed by atoms with E-state index < -0.39 is 0 Å². The maximum absolute atomic E-state index is 6.12. The minimum absolute atomic E-state index is 0.710. The van der Waals surface area contributed by atoms with Gasteiger partial charge in [-0.2, -0.15) is 0 Å². The van der Waals surface area contributed by atoms with E-state index in [1.807, 2.05) is 12.1 Å². The van der Waals surface area contributed by atoms with Crippen LogP contribution in [0.2, 0.25) is 0 Å². The number of nitrogens with zero attached hydrogens (tertiary/aromatic N) is 1. The van der Waals surface area contributed by atoms with E-state index in [4.69, 9.17) is 5.73 Å². The molecular formula is C16H13BrN2S. The van der Waals surface area contributed by atoms with E-state index in [1.54, 1.807) is 18.0 Å². The Morgan fingerprint density at radius 2 is 2.00 bits per heavy atom. The summed E-state index contributed by atoms with van der Waals surface area (Å²) in [4.78, 5) is 6.62. The number of aromatic nitrogens is 1. The highest BCUT2D eigenvalue weighted by Gasteiger charge is 2.09. The van der Waals surface area contributed by atoms with Gasteiger partial charge in [0, 0.05) is 19.6 Å². The van der Waals surface area contributed by atoms with E-state index in [0.717, 1.165) is 20.3 Å². The van der Waals surface area contributed by atoms with Crippen LogP contribution in [0.1, 0.15) is 5.56 Å². The molecule has 20 heavy (non-hydrogen) atoms. The standard InChI is InChI=1S/C16H13BrN2S/c1-10-3-2-4-12(7-10)20-16-13-8-11(17)5-6-15(13)19-9-14(16)18/h2-9H,18H2,1H3. The molecule has 0 atom stereocenters. The van der Waals surface area contributed by atoms with E-state index in [0.29, 0.717) is 5.69 Å². The summed E-state index contributed by atoms with van der Waals surface area (Å²) >= 11 is 5.19. The monoisotopic (exact) mass is 344 g/mol. The average Bonchev–Trinajstić information content (AvgIpc) is 2.42. The molecule has 1 aromatic heterocycles. The van der Waals surface area contributed by atoms with Gasteiger partial charge in [0.2, 0.25) is 0 Å². The number of halogens is 1. The van der Waals surface area contributed by atoms with E-state index in [2.05, 4.69) is 58.2 Å². The molecule has 0 spiro atoms. The van der Waals surface area contributed by atoms with E-state index in [1.165, 1.54) is 10.5 Å². The summed E-state index contributed by atoms with van der Waals surface area (Å²) in [7, 11) is 0. The first kappa shape index (κ1) is 13.5. The molecule has 3 aromatic rings. The van der Waals surface area contributed by atoms with Gasteiger partial charge in [-0.25, -0.2) is 0 Å². The van der Waals surface area contributed by atoms with Crippen LogP contribution in [-0.2, 0) is 0 Å². The third-order valence-electron chi connectivity index (χ3n) is 3.02. The SMILES string of the molecule is Cc1cccc(Sc2c(N)cnc3ccc(Br)cc23)c1. The fourth-order valence-corrected chi connectivity index (χ4v) is 3.50. The van der Waals surface area contributed by atoms with Crippen LogP contribution in [0.3, 0.4) is 0 Å². The number of fused-ring (bicyclic) bond motifs is 1. The van der Waals surface area contributed by atoms with Gasteiger partial charge in [-0.1, -0.05) is 45.4 Å². The predicted octanol–water partition coefficient (Wildman–Crippen LogP) is 5.04. The van der Waals surface area contributed by atoms with Crippen molar-refractivity contribution in [1.82, 2.24) is 4.98 Å². The highest BCUT2D eigenvalue weighted by atomic mass is 79.9. The van der Waals surface area contributed by atoms with Gasteiger partial charge in [0.15, 0.2) is 0 Å². The lowest BCUT2D eigenvalue weighted by molar-refractivity contribution is 1.33. The molecule has 2 nitrogen and oxygen atoms in total. The number of hydrogen-bond acceptors (Lipinski definition) is 3. The molecule has 0 unspecified atom stereocenters. The molecule has 2 N–H and O–H groups in total. The van der Waals surface area contributed by atoms with Gasteiger partial charge in [0.25, 0.3) is 0 Å². The summed E-state index contributed by atoms with van der Waals surface area (Å²) in [6.07, 6.45) is 1.73. The van der Waals surface area contributed by atoms with Gasteiger partial charge in [-0.15, -0.1) is 0 Å². The van der Waals surface area contributed by atoms with Crippen LogP contribution in [0.25, 0.3) is 10.9 Å². The average molecular weight is 345 g/mol. The molecule has 0 fully saturated rings. The van der Waals surface area contributed by atoms with E-state index in [-0.39, 0.29) is 0 Å². The van der Waals surface area contributed by atoms with Crippen LogP contribution in [0, 0.1) is 6.92 Å². The van der Waals surface area contributed by atoms with Crippen molar-refractivity contribution in [3.8, 4) is 0 Å². The first-order valence-electron chi connectivity index (χ1n) is 6.22. The molecule has 0 radical (unpaired) electrons. The number of aryl methyl sites for hydroxylation is 1. The molecule has 100 valence electrons. The minimum Gasteiger partial charge on any atom is -0.397 e. The highest BCUT2D eigenvalue weighted by Crippen LogP contribution is 2.38. The molecule has 0 aliphatic carbocycles. The zero-order valence-corrected chi connectivity index (χ0v) is 13.3. The number of hydrogen-bond donors (Lipinski definition) is 1. The first-order valence-corrected chi connectivity index (χ1v) is 7.83. The molecule has 0 aliphatic heterocycles. The maximum atomic E-state index is 6.12. The number of pyridine rings is 1. The summed E-state index contributed by atoms with van der Waals surface area (Å²) in [5, 5.41) is 1.07. The van der Waals surface area contributed by atoms with Gasteiger partial charge in [-0.3, -0.25) is 4.98 Å². The zero-order valence-electron chi connectivity index (χ0n) is 10.9.